The van der Waals surface area contributed by atoms with Crippen LogP contribution in [0.4, 0.5) is 0 Å². The van der Waals surface area contributed by atoms with Gasteiger partial charge in [-0.3, -0.25) is 9.69 Å². The van der Waals surface area contributed by atoms with Crippen LogP contribution in [0.2, 0.25) is 0 Å². The van der Waals surface area contributed by atoms with E-state index in [0.29, 0.717) is 19.1 Å². The van der Waals surface area contributed by atoms with E-state index in [1.54, 1.807) is 0 Å². The van der Waals surface area contributed by atoms with Crippen molar-refractivity contribution >= 4 is 5.91 Å². The lowest BCUT2D eigenvalue weighted by atomic mass is 9.98. The molecule has 1 heterocycles. The van der Waals surface area contributed by atoms with Gasteiger partial charge in [0.25, 0.3) is 0 Å². The Balaban J connectivity index is 2.22. The number of hydrogen-bond donors (Lipinski definition) is 1. The van der Waals surface area contributed by atoms with Gasteiger partial charge in [-0.2, -0.15) is 0 Å². The number of hydrogen-bond acceptors (Lipinski definition) is 3. The summed E-state index contributed by atoms with van der Waals surface area (Å²) in [5.74, 6) is 0.114. The van der Waals surface area contributed by atoms with E-state index in [0.717, 1.165) is 25.9 Å². The Hall–Kier alpha value is -0.610. The monoisotopic (exact) mass is 284 g/mol. The number of nitrogens with one attached hydrogen (secondary N) is 1. The fraction of sp³-hybridized carbons (Fsp3) is 0.938. The molecule has 0 aromatic rings. The molecule has 4 nitrogen and oxygen atoms in total. The molecule has 1 aliphatic rings. The number of ether oxygens (including phenoxy) is 1. The van der Waals surface area contributed by atoms with Crippen LogP contribution in [0.15, 0.2) is 0 Å². The van der Waals surface area contributed by atoms with E-state index in [9.17, 15) is 4.79 Å². The van der Waals surface area contributed by atoms with Gasteiger partial charge in [0.1, 0.15) is 0 Å². The van der Waals surface area contributed by atoms with Crippen molar-refractivity contribution in [3.05, 3.63) is 0 Å². The van der Waals surface area contributed by atoms with E-state index in [2.05, 4.69) is 31.0 Å². The highest BCUT2D eigenvalue weighted by Crippen LogP contribution is 2.20. The summed E-state index contributed by atoms with van der Waals surface area (Å²) < 4.78 is 5.58. The minimum absolute atomic E-state index is 0.114. The SMILES string of the molecule is CC(C)(C)OCCC(=O)NC1CCN(C(C)(C)C)CC1. The fourth-order valence-electron chi connectivity index (χ4n) is 2.44. The quantitative estimate of drug-likeness (QED) is 0.862. The molecular weight excluding hydrogens is 252 g/mol. The zero-order valence-corrected chi connectivity index (χ0v) is 14.1. The molecule has 0 aromatic carbocycles. The highest BCUT2D eigenvalue weighted by Gasteiger charge is 2.27. The molecule has 1 fully saturated rings. The van der Waals surface area contributed by atoms with Gasteiger partial charge in [0.2, 0.25) is 5.91 Å². The van der Waals surface area contributed by atoms with Crippen molar-refractivity contribution in [1.82, 2.24) is 10.2 Å². The molecule has 0 bridgehead atoms. The third-order valence-corrected chi connectivity index (χ3v) is 3.67. The van der Waals surface area contributed by atoms with Crippen LogP contribution in [-0.2, 0) is 9.53 Å². The topological polar surface area (TPSA) is 41.6 Å². The summed E-state index contributed by atoms with van der Waals surface area (Å²) >= 11 is 0. The Bertz CT molecular complexity index is 307. The van der Waals surface area contributed by atoms with Crippen molar-refractivity contribution < 1.29 is 9.53 Å². The predicted octanol–water partition coefficient (Wildman–Crippen LogP) is 2.57. The molecule has 1 saturated heterocycles. The first-order valence-electron chi connectivity index (χ1n) is 7.76. The first kappa shape index (κ1) is 17.4. The Morgan fingerprint density at radius 2 is 1.70 bits per heavy atom. The smallest absolute Gasteiger partial charge is 0.222 e. The normalized spacial score (nSPS) is 19.1. The minimum Gasteiger partial charge on any atom is -0.375 e. The zero-order chi connectivity index (χ0) is 15.4. The van der Waals surface area contributed by atoms with Crippen LogP contribution >= 0.6 is 0 Å². The molecule has 1 amide bonds. The van der Waals surface area contributed by atoms with Crippen molar-refractivity contribution in [2.24, 2.45) is 0 Å². The summed E-state index contributed by atoms with van der Waals surface area (Å²) in [6.45, 7) is 15.4. The number of likely N-dealkylation sites (tertiary alicyclic amines) is 1. The van der Waals surface area contributed by atoms with Gasteiger partial charge >= 0.3 is 0 Å². The summed E-state index contributed by atoms with van der Waals surface area (Å²) in [5.41, 5.74) is 0.0633. The molecule has 0 saturated carbocycles. The zero-order valence-electron chi connectivity index (χ0n) is 14.1. The predicted molar refractivity (Wildman–Crippen MR) is 82.8 cm³/mol. The first-order chi connectivity index (χ1) is 9.08. The first-order valence-corrected chi connectivity index (χ1v) is 7.76. The van der Waals surface area contributed by atoms with E-state index >= 15 is 0 Å². The lowest BCUT2D eigenvalue weighted by Crippen LogP contribution is -2.50. The maximum absolute atomic E-state index is 11.9. The Morgan fingerprint density at radius 3 is 2.15 bits per heavy atom. The van der Waals surface area contributed by atoms with E-state index in [-0.39, 0.29) is 17.0 Å². The summed E-state index contributed by atoms with van der Waals surface area (Å²) in [7, 11) is 0. The van der Waals surface area contributed by atoms with Gasteiger partial charge in [0, 0.05) is 31.1 Å². The average molecular weight is 284 g/mol. The van der Waals surface area contributed by atoms with Gasteiger partial charge < -0.3 is 10.1 Å². The molecule has 0 atom stereocenters. The average Bonchev–Trinajstić information content (AvgIpc) is 2.26. The second-order valence-electron chi connectivity index (χ2n) is 7.71. The van der Waals surface area contributed by atoms with Gasteiger partial charge in [0.15, 0.2) is 0 Å². The Labute approximate surface area is 124 Å². The summed E-state index contributed by atoms with van der Waals surface area (Å²) in [6.07, 6.45) is 2.54. The maximum Gasteiger partial charge on any atom is 0.222 e. The number of carbonyl (C=O) groups excluding carboxylic acids is 1. The summed E-state index contributed by atoms with van der Waals surface area (Å²) in [4.78, 5) is 14.4. The molecule has 118 valence electrons. The van der Waals surface area contributed by atoms with Crippen LogP contribution < -0.4 is 5.32 Å². The molecule has 0 spiro atoms. The standard InChI is InChI=1S/C16H32N2O2/c1-15(2,3)18-10-7-13(8-11-18)17-14(19)9-12-20-16(4,5)6/h13H,7-12H2,1-6H3,(H,17,19). The third-order valence-electron chi connectivity index (χ3n) is 3.67. The van der Waals surface area contributed by atoms with Gasteiger partial charge in [-0.05, 0) is 54.4 Å². The molecule has 20 heavy (non-hydrogen) atoms. The Morgan fingerprint density at radius 1 is 1.15 bits per heavy atom. The van der Waals surface area contributed by atoms with Crippen LogP contribution in [0.3, 0.4) is 0 Å². The molecule has 1 aliphatic heterocycles. The molecule has 0 unspecified atom stereocenters. The molecule has 0 radical (unpaired) electrons. The minimum atomic E-state index is -0.168. The fourth-order valence-corrected chi connectivity index (χ4v) is 2.44. The van der Waals surface area contributed by atoms with Crippen molar-refractivity contribution in [2.45, 2.75) is 78.0 Å². The number of piperidine rings is 1. The van der Waals surface area contributed by atoms with Crippen LogP contribution in [0.1, 0.15) is 60.8 Å². The highest BCUT2D eigenvalue weighted by atomic mass is 16.5. The van der Waals surface area contributed by atoms with Crippen molar-refractivity contribution in [3.8, 4) is 0 Å². The van der Waals surface area contributed by atoms with Crippen molar-refractivity contribution in [2.75, 3.05) is 19.7 Å². The Kier molecular flexibility index (Phi) is 6.02. The molecule has 0 aromatic heterocycles. The summed E-state index contributed by atoms with van der Waals surface area (Å²) in [5, 5.41) is 3.13. The van der Waals surface area contributed by atoms with Crippen LogP contribution in [0, 0.1) is 0 Å². The van der Waals surface area contributed by atoms with Gasteiger partial charge in [-0.15, -0.1) is 0 Å². The number of carbonyl (C=O) groups is 1. The summed E-state index contributed by atoms with van der Waals surface area (Å²) in [6, 6.07) is 0.329. The largest absolute Gasteiger partial charge is 0.375 e. The highest BCUT2D eigenvalue weighted by molar-refractivity contribution is 5.76. The second-order valence-corrected chi connectivity index (χ2v) is 7.71. The van der Waals surface area contributed by atoms with E-state index in [1.807, 2.05) is 20.8 Å². The lowest BCUT2D eigenvalue weighted by Gasteiger charge is -2.41. The molecule has 4 heteroatoms. The van der Waals surface area contributed by atoms with E-state index in [4.69, 9.17) is 4.74 Å². The second kappa shape index (κ2) is 6.90. The van der Waals surface area contributed by atoms with Crippen LogP contribution in [-0.4, -0.2) is 47.7 Å². The van der Waals surface area contributed by atoms with E-state index in [1.165, 1.54) is 0 Å². The third kappa shape index (κ3) is 6.71. The van der Waals surface area contributed by atoms with Gasteiger partial charge in [0.05, 0.1) is 12.2 Å². The lowest BCUT2D eigenvalue weighted by molar-refractivity contribution is -0.124. The number of rotatable bonds is 4. The van der Waals surface area contributed by atoms with Crippen LogP contribution in [0.5, 0.6) is 0 Å². The molecule has 1 rings (SSSR count). The van der Waals surface area contributed by atoms with E-state index < -0.39 is 0 Å². The van der Waals surface area contributed by atoms with Gasteiger partial charge in [-0.25, -0.2) is 0 Å². The molecular formula is C16H32N2O2. The number of nitrogens with zero attached hydrogens (tertiary/aromatic N) is 1. The van der Waals surface area contributed by atoms with Crippen molar-refractivity contribution in [3.63, 3.8) is 0 Å². The molecule has 1 N–H and O–H groups in total. The van der Waals surface area contributed by atoms with Crippen molar-refractivity contribution in [1.29, 1.82) is 0 Å². The number of amides is 1. The van der Waals surface area contributed by atoms with Crippen LogP contribution in [0.25, 0.3) is 0 Å². The maximum atomic E-state index is 11.9. The van der Waals surface area contributed by atoms with Gasteiger partial charge in [-0.1, -0.05) is 0 Å². The molecule has 0 aliphatic carbocycles.